The molecule has 4 rings (SSSR count). The molecule has 0 bridgehead atoms. The number of ether oxygens (including phenoxy) is 1. The maximum absolute atomic E-state index is 13.0. The van der Waals surface area contributed by atoms with E-state index in [4.69, 9.17) is 9.84 Å². The Labute approximate surface area is 177 Å². The number of nitrogens with zero attached hydrogens (tertiary/aromatic N) is 3. The Morgan fingerprint density at radius 1 is 1.27 bits per heavy atom. The number of aromatic nitrogens is 2. The van der Waals surface area contributed by atoms with E-state index in [-0.39, 0.29) is 11.7 Å². The lowest BCUT2D eigenvalue weighted by Gasteiger charge is -2.31. The fraction of sp³-hybridized carbons (Fsp3) is 0.565. The number of likely N-dealkylation sites (tertiary alicyclic amines) is 1. The molecule has 2 aromatic rings. The summed E-state index contributed by atoms with van der Waals surface area (Å²) < 4.78 is 20.8. The van der Waals surface area contributed by atoms with Crippen molar-refractivity contribution < 1.29 is 13.9 Å². The highest BCUT2D eigenvalue weighted by molar-refractivity contribution is 5.78. The van der Waals surface area contributed by atoms with E-state index >= 15 is 0 Å². The van der Waals surface area contributed by atoms with Gasteiger partial charge in [0.05, 0.1) is 25.3 Å². The van der Waals surface area contributed by atoms with Crippen molar-refractivity contribution in [2.45, 2.75) is 52.3 Å². The van der Waals surface area contributed by atoms with Crippen LogP contribution in [0.5, 0.6) is 0 Å². The first-order valence-corrected chi connectivity index (χ1v) is 11.0. The number of amides is 1. The number of halogens is 1. The van der Waals surface area contributed by atoms with Crippen LogP contribution in [0, 0.1) is 11.7 Å². The lowest BCUT2D eigenvalue weighted by Crippen LogP contribution is -2.38. The van der Waals surface area contributed by atoms with Crippen molar-refractivity contribution in [2.24, 2.45) is 5.92 Å². The first-order chi connectivity index (χ1) is 14.6. The van der Waals surface area contributed by atoms with Crippen LogP contribution in [-0.4, -0.2) is 46.8 Å². The number of benzene rings is 1. The molecule has 1 saturated heterocycles. The molecule has 6 nitrogen and oxygen atoms in total. The van der Waals surface area contributed by atoms with E-state index < -0.39 is 0 Å². The van der Waals surface area contributed by atoms with Crippen LogP contribution < -0.4 is 5.32 Å². The predicted octanol–water partition coefficient (Wildman–Crippen LogP) is 2.69. The van der Waals surface area contributed by atoms with Crippen molar-refractivity contribution in [1.29, 1.82) is 0 Å². The van der Waals surface area contributed by atoms with Gasteiger partial charge in [0.1, 0.15) is 5.82 Å². The Balaban J connectivity index is 1.22. The molecule has 7 heteroatoms. The van der Waals surface area contributed by atoms with Gasteiger partial charge in [-0.15, -0.1) is 0 Å². The number of carbonyl (C=O) groups is 1. The predicted molar refractivity (Wildman–Crippen MR) is 112 cm³/mol. The van der Waals surface area contributed by atoms with Crippen molar-refractivity contribution in [1.82, 2.24) is 20.0 Å². The van der Waals surface area contributed by atoms with Crippen LogP contribution in [-0.2, 0) is 42.1 Å². The first-order valence-electron chi connectivity index (χ1n) is 11.0. The van der Waals surface area contributed by atoms with E-state index in [0.29, 0.717) is 25.5 Å². The quantitative estimate of drug-likeness (QED) is 0.757. The summed E-state index contributed by atoms with van der Waals surface area (Å²) in [6, 6.07) is 6.12. The van der Waals surface area contributed by atoms with E-state index in [9.17, 15) is 9.18 Å². The highest BCUT2D eigenvalue weighted by Gasteiger charge is 2.25. The highest BCUT2D eigenvalue weighted by atomic mass is 19.1. The fourth-order valence-corrected chi connectivity index (χ4v) is 4.44. The van der Waals surface area contributed by atoms with Crippen LogP contribution in [0.1, 0.15) is 42.3 Å². The van der Waals surface area contributed by atoms with Crippen LogP contribution in [0.4, 0.5) is 4.39 Å². The average molecular weight is 415 g/mol. The molecular weight excluding hydrogens is 383 g/mol. The first kappa shape index (κ1) is 21.0. The molecule has 1 aromatic heterocycles. The van der Waals surface area contributed by atoms with Crippen molar-refractivity contribution in [3.8, 4) is 0 Å². The second-order valence-electron chi connectivity index (χ2n) is 8.32. The number of nitrogens with one attached hydrogen (secondary N) is 1. The molecule has 1 N–H and O–H groups in total. The van der Waals surface area contributed by atoms with Crippen molar-refractivity contribution in [3.63, 3.8) is 0 Å². The Morgan fingerprint density at radius 3 is 2.77 bits per heavy atom. The molecule has 0 atom stereocenters. The minimum atomic E-state index is -0.277. The Hall–Kier alpha value is -2.25. The zero-order valence-corrected chi connectivity index (χ0v) is 17.7. The molecular formula is C23H31FN4O2. The van der Waals surface area contributed by atoms with Crippen LogP contribution >= 0.6 is 0 Å². The molecule has 0 unspecified atom stereocenters. The molecule has 1 aromatic carbocycles. The topological polar surface area (TPSA) is 59.4 Å². The summed E-state index contributed by atoms with van der Waals surface area (Å²) in [5.74, 6) is 0.227. The number of carbonyl (C=O) groups excluding carboxylic acids is 1. The normalized spacial score (nSPS) is 17.7. The monoisotopic (exact) mass is 414 g/mol. The van der Waals surface area contributed by atoms with Crippen molar-refractivity contribution >= 4 is 5.91 Å². The van der Waals surface area contributed by atoms with E-state index in [0.717, 1.165) is 63.3 Å². The molecule has 0 aliphatic carbocycles. The molecule has 162 valence electrons. The minimum Gasteiger partial charge on any atom is -0.376 e. The number of piperidine rings is 1. The summed E-state index contributed by atoms with van der Waals surface area (Å²) >= 11 is 0. The SMILES string of the molecule is CCn1nc(CN2CCC(CNC(=O)Cc3ccc(F)cc3)CC2)c2c1CCOC2. The second kappa shape index (κ2) is 9.71. The van der Waals surface area contributed by atoms with Gasteiger partial charge in [-0.05, 0) is 56.5 Å². The number of fused-ring (bicyclic) bond motifs is 1. The Kier molecular flexibility index (Phi) is 6.79. The number of aryl methyl sites for hydroxylation is 1. The molecule has 1 amide bonds. The maximum Gasteiger partial charge on any atom is 0.224 e. The van der Waals surface area contributed by atoms with E-state index in [1.165, 1.54) is 23.4 Å². The van der Waals surface area contributed by atoms with Gasteiger partial charge < -0.3 is 10.1 Å². The highest BCUT2D eigenvalue weighted by Crippen LogP contribution is 2.24. The summed E-state index contributed by atoms with van der Waals surface area (Å²) in [6.07, 6.45) is 3.40. The summed E-state index contributed by atoms with van der Waals surface area (Å²) in [7, 11) is 0. The zero-order chi connectivity index (χ0) is 20.9. The van der Waals surface area contributed by atoms with Gasteiger partial charge in [0.25, 0.3) is 0 Å². The number of rotatable bonds is 7. The van der Waals surface area contributed by atoms with Gasteiger partial charge in [-0.3, -0.25) is 14.4 Å². The molecule has 3 heterocycles. The van der Waals surface area contributed by atoms with Gasteiger partial charge in [0.2, 0.25) is 5.91 Å². The largest absolute Gasteiger partial charge is 0.376 e. The zero-order valence-electron chi connectivity index (χ0n) is 17.7. The van der Waals surface area contributed by atoms with Crippen molar-refractivity contribution in [3.05, 3.63) is 52.6 Å². The average Bonchev–Trinajstić information content (AvgIpc) is 3.12. The van der Waals surface area contributed by atoms with Crippen LogP contribution in [0.3, 0.4) is 0 Å². The molecule has 2 aliphatic rings. The number of hydrogen-bond donors (Lipinski definition) is 1. The summed E-state index contributed by atoms with van der Waals surface area (Å²) in [6.45, 7) is 8.15. The lowest BCUT2D eigenvalue weighted by molar-refractivity contribution is -0.120. The molecule has 1 fully saturated rings. The van der Waals surface area contributed by atoms with Gasteiger partial charge in [0.15, 0.2) is 0 Å². The lowest BCUT2D eigenvalue weighted by atomic mass is 9.96. The van der Waals surface area contributed by atoms with E-state index in [1.54, 1.807) is 12.1 Å². The van der Waals surface area contributed by atoms with E-state index in [1.807, 2.05) is 0 Å². The summed E-state index contributed by atoms with van der Waals surface area (Å²) in [4.78, 5) is 14.6. The molecule has 0 spiro atoms. The van der Waals surface area contributed by atoms with Gasteiger partial charge in [-0.2, -0.15) is 5.10 Å². The summed E-state index contributed by atoms with van der Waals surface area (Å²) in [5.41, 5.74) is 4.64. The molecule has 2 aliphatic heterocycles. The van der Waals surface area contributed by atoms with Gasteiger partial charge >= 0.3 is 0 Å². The Morgan fingerprint density at radius 2 is 2.03 bits per heavy atom. The third-order valence-electron chi connectivity index (χ3n) is 6.23. The number of hydrogen-bond acceptors (Lipinski definition) is 4. The second-order valence-corrected chi connectivity index (χ2v) is 8.32. The minimum absolute atomic E-state index is 0.000714. The smallest absolute Gasteiger partial charge is 0.224 e. The van der Waals surface area contributed by atoms with Crippen LogP contribution in [0.25, 0.3) is 0 Å². The third kappa shape index (κ3) is 5.08. The van der Waals surface area contributed by atoms with Crippen LogP contribution in [0.15, 0.2) is 24.3 Å². The fourth-order valence-electron chi connectivity index (χ4n) is 4.44. The molecule has 30 heavy (non-hydrogen) atoms. The standard InChI is InChI=1S/C23H31FN4O2/c1-2-28-22-9-12-30-16-20(22)21(26-28)15-27-10-7-18(8-11-27)14-25-23(29)13-17-3-5-19(24)6-4-17/h3-6,18H,2,7-16H2,1H3,(H,25,29). The Bertz CT molecular complexity index is 857. The third-order valence-corrected chi connectivity index (χ3v) is 6.23. The molecule has 0 radical (unpaired) electrons. The van der Waals surface area contributed by atoms with Crippen LogP contribution in [0.2, 0.25) is 0 Å². The van der Waals surface area contributed by atoms with E-state index in [2.05, 4.69) is 21.8 Å². The maximum atomic E-state index is 13.0. The van der Waals surface area contributed by atoms with Gasteiger partial charge in [0, 0.05) is 37.3 Å². The van der Waals surface area contributed by atoms with Crippen molar-refractivity contribution in [2.75, 3.05) is 26.2 Å². The van der Waals surface area contributed by atoms with Gasteiger partial charge in [-0.25, -0.2) is 4.39 Å². The molecule has 0 saturated carbocycles. The summed E-state index contributed by atoms with van der Waals surface area (Å²) in [5, 5.41) is 7.89. The van der Waals surface area contributed by atoms with Gasteiger partial charge in [-0.1, -0.05) is 12.1 Å².